The molecule has 3 nitrogen and oxygen atoms in total. The number of likely N-dealkylation sites (tertiary alicyclic amines) is 1. The van der Waals surface area contributed by atoms with Crippen molar-refractivity contribution in [2.45, 2.75) is 50.7 Å². The average Bonchev–Trinajstić information content (AvgIpc) is 2.88. The van der Waals surface area contributed by atoms with Crippen molar-refractivity contribution in [1.29, 1.82) is 0 Å². The van der Waals surface area contributed by atoms with Gasteiger partial charge in [-0.2, -0.15) is 13.2 Å². The predicted octanol–water partition coefficient (Wildman–Crippen LogP) is 2.32. The van der Waals surface area contributed by atoms with E-state index in [0.29, 0.717) is 25.4 Å². The van der Waals surface area contributed by atoms with Crippen molar-refractivity contribution < 1.29 is 18.0 Å². The summed E-state index contributed by atoms with van der Waals surface area (Å²) in [7, 11) is 0. The molecule has 0 saturated carbocycles. The van der Waals surface area contributed by atoms with Crippen LogP contribution >= 0.6 is 0 Å². The van der Waals surface area contributed by atoms with Crippen LogP contribution in [-0.4, -0.2) is 42.7 Å². The lowest BCUT2D eigenvalue weighted by molar-refractivity contribution is -0.188. The van der Waals surface area contributed by atoms with E-state index in [2.05, 4.69) is 5.32 Å². The fourth-order valence-electron chi connectivity index (χ4n) is 2.93. The summed E-state index contributed by atoms with van der Waals surface area (Å²) < 4.78 is 38.0. The predicted molar refractivity (Wildman–Crippen MR) is 65.6 cm³/mol. The molecule has 0 aromatic carbocycles. The summed E-state index contributed by atoms with van der Waals surface area (Å²) >= 11 is 0. The number of nitrogens with zero attached hydrogens (tertiary/aromatic N) is 1. The van der Waals surface area contributed by atoms with Gasteiger partial charge in [-0.3, -0.25) is 4.79 Å². The number of rotatable bonds is 3. The summed E-state index contributed by atoms with van der Waals surface area (Å²) in [5, 5.41) is 3.30. The van der Waals surface area contributed by atoms with Crippen LogP contribution in [0.25, 0.3) is 0 Å². The number of hydrogen-bond donors (Lipinski definition) is 1. The Morgan fingerprint density at radius 2 is 2.05 bits per heavy atom. The van der Waals surface area contributed by atoms with E-state index in [4.69, 9.17) is 0 Å². The molecule has 2 heterocycles. The number of nitrogens with one attached hydrogen (secondary N) is 1. The average molecular weight is 278 g/mol. The summed E-state index contributed by atoms with van der Waals surface area (Å²) in [6.07, 6.45) is -0.271. The van der Waals surface area contributed by atoms with Crippen molar-refractivity contribution in [3.63, 3.8) is 0 Å². The van der Waals surface area contributed by atoms with Crippen molar-refractivity contribution in [2.24, 2.45) is 5.92 Å². The van der Waals surface area contributed by atoms with E-state index in [9.17, 15) is 18.0 Å². The molecule has 0 spiro atoms. The lowest BCUT2D eigenvalue weighted by Crippen LogP contribution is -2.44. The number of carbonyl (C=O) groups excluding carboxylic acids is 1. The number of carbonyl (C=O) groups is 1. The first-order chi connectivity index (χ1) is 8.97. The molecule has 1 amide bonds. The Balaban J connectivity index is 1.78. The van der Waals surface area contributed by atoms with Gasteiger partial charge in [0.05, 0.1) is 5.92 Å². The highest BCUT2D eigenvalue weighted by Crippen LogP contribution is 2.33. The first kappa shape index (κ1) is 14.6. The molecule has 2 fully saturated rings. The molecule has 1 N–H and O–H groups in total. The molecule has 0 aromatic rings. The Bertz CT molecular complexity index is 314. The molecule has 2 aliphatic heterocycles. The minimum absolute atomic E-state index is 0.123. The normalized spacial score (nSPS) is 28.7. The van der Waals surface area contributed by atoms with E-state index in [0.717, 1.165) is 25.8 Å². The molecule has 2 aliphatic rings. The Labute approximate surface area is 111 Å². The SMILES string of the molecule is O=C(CCC1CCCN1)N1CCCC(C(F)(F)F)C1. The minimum Gasteiger partial charge on any atom is -0.342 e. The number of amides is 1. The molecular weight excluding hydrogens is 257 g/mol. The molecule has 2 rings (SSSR count). The molecule has 0 aromatic heterocycles. The van der Waals surface area contributed by atoms with Crippen molar-refractivity contribution >= 4 is 5.91 Å². The van der Waals surface area contributed by atoms with E-state index < -0.39 is 12.1 Å². The minimum atomic E-state index is -4.17. The van der Waals surface area contributed by atoms with Gasteiger partial charge in [-0.1, -0.05) is 0 Å². The topological polar surface area (TPSA) is 32.3 Å². The van der Waals surface area contributed by atoms with Gasteiger partial charge in [0.1, 0.15) is 0 Å². The van der Waals surface area contributed by atoms with Crippen LogP contribution in [-0.2, 0) is 4.79 Å². The Morgan fingerprint density at radius 3 is 2.68 bits per heavy atom. The maximum absolute atomic E-state index is 12.7. The van der Waals surface area contributed by atoms with Gasteiger partial charge in [0.2, 0.25) is 5.91 Å². The third kappa shape index (κ3) is 4.09. The molecule has 110 valence electrons. The number of halogens is 3. The maximum Gasteiger partial charge on any atom is 0.393 e. The summed E-state index contributed by atoms with van der Waals surface area (Å²) in [5.41, 5.74) is 0. The van der Waals surface area contributed by atoms with Gasteiger partial charge < -0.3 is 10.2 Å². The number of piperidine rings is 1. The maximum atomic E-state index is 12.7. The second-order valence-corrected chi connectivity index (χ2v) is 5.55. The smallest absolute Gasteiger partial charge is 0.342 e. The Kier molecular flexibility index (Phi) is 4.71. The standard InChI is InChI=1S/C13H21F3N2O/c14-13(15,16)10-3-2-8-18(9-10)12(19)6-5-11-4-1-7-17-11/h10-11,17H,1-9H2. The van der Waals surface area contributed by atoms with Crippen molar-refractivity contribution in [3.8, 4) is 0 Å². The Hall–Kier alpha value is -0.780. The van der Waals surface area contributed by atoms with Gasteiger partial charge in [0, 0.05) is 25.6 Å². The molecule has 0 radical (unpaired) electrons. The number of alkyl halides is 3. The van der Waals surface area contributed by atoms with Crippen molar-refractivity contribution in [1.82, 2.24) is 10.2 Å². The molecule has 0 bridgehead atoms. The molecular formula is C13H21F3N2O. The highest BCUT2D eigenvalue weighted by Gasteiger charge is 2.42. The third-order valence-corrected chi connectivity index (χ3v) is 4.11. The highest BCUT2D eigenvalue weighted by molar-refractivity contribution is 5.76. The van der Waals surface area contributed by atoms with Crippen LogP contribution in [0.1, 0.15) is 38.5 Å². The summed E-state index contributed by atoms with van der Waals surface area (Å²) in [6, 6.07) is 0.368. The summed E-state index contributed by atoms with van der Waals surface area (Å²) in [5.74, 6) is -1.46. The van der Waals surface area contributed by atoms with Crippen LogP contribution in [0.2, 0.25) is 0 Å². The van der Waals surface area contributed by atoms with Crippen LogP contribution in [0, 0.1) is 5.92 Å². The molecule has 2 atom stereocenters. The van der Waals surface area contributed by atoms with Crippen LogP contribution in [0.4, 0.5) is 13.2 Å². The number of hydrogen-bond acceptors (Lipinski definition) is 2. The van der Waals surface area contributed by atoms with Crippen LogP contribution in [0.3, 0.4) is 0 Å². The van der Waals surface area contributed by atoms with Gasteiger partial charge >= 0.3 is 6.18 Å². The fourth-order valence-corrected chi connectivity index (χ4v) is 2.93. The zero-order valence-corrected chi connectivity index (χ0v) is 11.0. The van der Waals surface area contributed by atoms with E-state index in [-0.39, 0.29) is 18.9 Å². The van der Waals surface area contributed by atoms with Gasteiger partial charge in [-0.15, -0.1) is 0 Å². The zero-order chi connectivity index (χ0) is 13.9. The van der Waals surface area contributed by atoms with E-state index in [1.165, 1.54) is 4.90 Å². The van der Waals surface area contributed by atoms with Crippen molar-refractivity contribution in [3.05, 3.63) is 0 Å². The van der Waals surface area contributed by atoms with Gasteiger partial charge in [0.25, 0.3) is 0 Å². The molecule has 2 saturated heterocycles. The first-order valence-electron chi connectivity index (χ1n) is 7.04. The van der Waals surface area contributed by atoms with E-state index in [1.54, 1.807) is 0 Å². The summed E-state index contributed by atoms with van der Waals surface area (Å²) in [4.78, 5) is 13.4. The van der Waals surface area contributed by atoms with Gasteiger partial charge in [-0.05, 0) is 38.6 Å². The quantitative estimate of drug-likeness (QED) is 0.859. The second kappa shape index (κ2) is 6.11. The van der Waals surface area contributed by atoms with Crippen LogP contribution in [0.5, 0.6) is 0 Å². The van der Waals surface area contributed by atoms with Gasteiger partial charge in [-0.25, -0.2) is 0 Å². The van der Waals surface area contributed by atoms with E-state index >= 15 is 0 Å². The molecule has 19 heavy (non-hydrogen) atoms. The lowest BCUT2D eigenvalue weighted by atomic mass is 9.97. The largest absolute Gasteiger partial charge is 0.393 e. The van der Waals surface area contributed by atoms with Crippen LogP contribution < -0.4 is 5.32 Å². The monoisotopic (exact) mass is 278 g/mol. The van der Waals surface area contributed by atoms with Crippen molar-refractivity contribution in [2.75, 3.05) is 19.6 Å². The first-order valence-corrected chi connectivity index (χ1v) is 7.04. The summed E-state index contributed by atoms with van der Waals surface area (Å²) in [6.45, 7) is 1.31. The Morgan fingerprint density at radius 1 is 1.26 bits per heavy atom. The molecule has 2 unspecified atom stereocenters. The van der Waals surface area contributed by atoms with Crippen LogP contribution in [0.15, 0.2) is 0 Å². The highest BCUT2D eigenvalue weighted by atomic mass is 19.4. The zero-order valence-electron chi connectivity index (χ0n) is 11.0. The molecule has 6 heteroatoms. The fraction of sp³-hybridized carbons (Fsp3) is 0.923. The van der Waals surface area contributed by atoms with E-state index in [1.807, 2.05) is 0 Å². The third-order valence-electron chi connectivity index (χ3n) is 4.11. The lowest BCUT2D eigenvalue weighted by Gasteiger charge is -2.34. The second-order valence-electron chi connectivity index (χ2n) is 5.55. The molecule has 0 aliphatic carbocycles. The van der Waals surface area contributed by atoms with Gasteiger partial charge in [0.15, 0.2) is 0 Å².